The Morgan fingerprint density at radius 1 is 1.06 bits per heavy atom. The number of aromatic amines is 1. The molecule has 0 bridgehead atoms. The van der Waals surface area contributed by atoms with Gasteiger partial charge in [0, 0.05) is 23.9 Å². The van der Waals surface area contributed by atoms with Crippen LogP contribution in [0, 0.1) is 5.82 Å². The molecule has 0 amide bonds. The third-order valence-electron chi connectivity index (χ3n) is 5.19. The Morgan fingerprint density at radius 2 is 1.76 bits per heavy atom. The Kier molecular flexibility index (Phi) is 6.40. The van der Waals surface area contributed by atoms with Gasteiger partial charge in [-0.1, -0.05) is 37.7 Å². The molecule has 2 aromatic carbocycles. The third-order valence-corrected chi connectivity index (χ3v) is 7.25. The molecular weight excluding hydrogens is 461 g/mol. The number of anilines is 1. The Morgan fingerprint density at radius 3 is 2.39 bits per heavy atom. The molecule has 0 aliphatic heterocycles. The first kappa shape index (κ1) is 23.2. The van der Waals surface area contributed by atoms with Gasteiger partial charge in [0.25, 0.3) is 0 Å². The number of thioether (sulfide) groups is 1. The van der Waals surface area contributed by atoms with Crippen LogP contribution in [0.5, 0.6) is 0 Å². The Bertz CT molecular complexity index is 1370. The molecule has 7 nitrogen and oxygen atoms in total. The number of hydrogen-bond acceptors (Lipinski definition) is 6. The van der Waals surface area contributed by atoms with Crippen LogP contribution in [0.3, 0.4) is 0 Å². The molecule has 2 aromatic heterocycles. The van der Waals surface area contributed by atoms with Gasteiger partial charge in [-0.05, 0) is 42.3 Å². The maximum absolute atomic E-state index is 13.6. The lowest BCUT2D eigenvalue weighted by atomic mass is 9.99. The first-order chi connectivity index (χ1) is 15.6. The molecule has 33 heavy (non-hydrogen) atoms. The third kappa shape index (κ3) is 5.01. The quantitative estimate of drug-likeness (QED) is 0.372. The lowest BCUT2D eigenvalue weighted by Gasteiger charge is -2.21. The summed E-state index contributed by atoms with van der Waals surface area (Å²) in [7, 11) is -2.14. The van der Waals surface area contributed by atoms with Crippen molar-refractivity contribution >= 4 is 38.8 Å². The summed E-state index contributed by atoms with van der Waals surface area (Å²) < 4.78 is 39.0. The van der Waals surface area contributed by atoms with E-state index in [2.05, 4.69) is 19.9 Å². The second kappa shape index (κ2) is 9.11. The zero-order chi connectivity index (χ0) is 23.8. The average Bonchev–Trinajstić information content (AvgIpc) is 3.19. The first-order valence-corrected chi connectivity index (χ1v) is 13.1. The molecule has 10 heteroatoms. The second-order valence-electron chi connectivity index (χ2n) is 7.98. The van der Waals surface area contributed by atoms with Crippen molar-refractivity contribution in [2.24, 2.45) is 0 Å². The predicted octanol–water partition coefficient (Wildman–Crippen LogP) is 4.97. The topological polar surface area (TPSA) is 91.8 Å². The number of para-hydroxylation sites is 2. The summed E-state index contributed by atoms with van der Waals surface area (Å²) in [4.78, 5) is 17.1. The van der Waals surface area contributed by atoms with Crippen LogP contribution in [0.2, 0.25) is 0 Å². The van der Waals surface area contributed by atoms with Crippen LogP contribution in [0.15, 0.2) is 53.7 Å². The number of nitrogens with zero attached hydrogens (tertiary/aromatic N) is 4. The summed E-state index contributed by atoms with van der Waals surface area (Å²) in [5.41, 5.74) is 4.67. The van der Waals surface area contributed by atoms with Crippen molar-refractivity contribution < 1.29 is 12.8 Å². The Balaban J connectivity index is 1.82. The molecule has 0 atom stereocenters. The summed E-state index contributed by atoms with van der Waals surface area (Å²) in [6.45, 7) is 3.99. The number of imidazole rings is 1. The molecule has 0 aliphatic carbocycles. The average molecular weight is 486 g/mol. The minimum Gasteiger partial charge on any atom is -0.333 e. The SMILES string of the molecule is CC(C)c1nc(N(C)S(C)(=O)=O)nc(-c2ccc(F)cc2)c1CSc1nc2ccccc2[nH]1. The largest absolute Gasteiger partial charge is 0.333 e. The fourth-order valence-corrected chi connectivity index (χ4v) is 4.67. The smallest absolute Gasteiger partial charge is 0.239 e. The molecular formula is C23H24FN5O2S2. The highest BCUT2D eigenvalue weighted by Gasteiger charge is 2.23. The molecule has 0 fully saturated rings. The predicted molar refractivity (Wildman–Crippen MR) is 130 cm³/mol. The summed E-state index contributed by atoms with van der Waals surface area (Å²) in [5, 5.41) is 0.758. The molecule has 2 heterocycles. The van der Waals surface area contributed by atoms with Crippen LogP contribution in [0.1, 0.15) is 31.0 Å². The minimum absolute atomic E-state index is 0.00480. The molecule has 4 aromatic rings. The van der Waals surface area contributed by atoms with Crippen LogP contribution in [-0.2, 0) is 15.8 Å². The zero-order valence-corrected chi connectivity index (χ0v) is 20.3. The molecule has 0 saturated carbocycles. The summed E-state index contributed by atoms with van der Waals surface area (Å²) in [5.74, 6) is 0.231. The van der Waals surface area contributed by atoms with Crippen LogP contribution >= 0.6 is 11.8 Å². The van der Waals surface area contributed by atoms with Gasteiger partial charge in [0.2, 0.25) is 16.0 Å². The maximum atomic E-state index is 13.6. The van der Waals surface area contributed by atoms with Gasteiger partial charge in [0.05, 0.1) is 28.7 Å². The highest BCUT2D eigenvalue weighted by molar-refractivity contribution is 7.98. The van der Waals surface area contributed by atoms with Crippen LogP contribution in [0.4, 0.5) is 10.3 Å². The monoisotopic (exact) mass is 485 g/mol. The van der Waals surface area contributed by atoms with E-state index in [1.807, 2.05) is 38.1 Å². The lowest BCUT2D eigenvalue weighted by Crippen LogP contribution is -2.27. The van der Waals surface area contributed by atoms with E-state index in [-0.39, 0.29) is 17.7 Å². The number of H-pyrrole nitrogens is 1. The summed E-state index contributed by atoms with van der Waals surface area (Å²) in [6.07, 6.45) is 1.11. The van der Waals surface area contributed by atoms with E-state index in [4.69, 9.17) is 0 Å². The van der Waals surface area contributed by atoms with E-state index in [0.717, 1.165) is 38.0 Å². The molecule has 1 N–H and O–H groups in total. The molecule has 0 spiro atoms. The lowest BCUT2D eigenvalue weighted by molar-refractivity contribution is 0.599. The van der Waals surface area contributed by atoms with Crippen molar-refractivity contribution in [2.75, 3.05) is 17.6 Å². The normalized spacial score (nSPS) is 11.9. The second-order valence-corrected chi connectivity index (χ2v) is 11.0. The highest BCUT2D eigenvalue weighted by Crippen LogP contribution is 2.34. The number of hydrogen-bond donors (Lipinski definition) is 1. The molecule has 172 valence electrons. The number of aromatic nitrogens is 4. The minimum atomic E-state index is -3.56. The van der Waals surface area contributed by atoms with E-state index in [9.17, 15) is 12.8 Å². The van der Waals surface area contributed by atoms with E-state index in [0.29, 0.717) is 17.0 Å². The van der Waals surface area contributed by atoms with Crippen molar-refractivity contribution in [3.8, 4) is 11.3 Å². The van der Waals surface area contributed by atoms with Crippen LogP contribution in [0.25, 0.3) is 22.3 Å². The van der Waals surface area contributed by atoms with E-state index >= 15 is 0 Å². The van der Waals surface area contributed by atoms with Crippen molar-refractivity contribution in [3.63, 3.8) is 0 Å². The number of benzene rings is 2. The Hall–Kier alpha value is -2.98. The summed E-state index contributed by atoms with van der Waals surface area (Å²) in [6, 6.07) is 13.8. The fourth-order valence-electron chi connectivity index (χ4n) is 3.38. The van der Waals surface area contributed by atoms with Gasteiger partial charge in [-0.15, -0.1) is 0 Å². The molecule has 0 aliphatic rings. The molecule has 0 saturated heterocycles. The molecule has 0 unspecified atom stereocenters. The fraction of sp³-hybridized carbons (Fsp3) is 0.261. The van der Waals surface area contributed by atoms with Gasteiger partial charge >= 0.3 is 0 Å². The molecule has 4 rings (SSSR count). The van der Waals surface area contributed by atoms with Crippen molar-refractivity contribution in [1.29, 1.82) is 0 Å². The van der Waals surface area contributed by atoms with Gasteiger partial charge in [-0.2, -0.15) is 0 Å². The number of rotatable bonds is 7. The van der Waals surface area contributed by atoms with Crippen LogP contribution in [-0.4, -0.2) is 41.7 Å². The van der Waals surface area contributed by atoms with E-state index in [1.165, 1.54) is 30.9 Å². The van der Waals surface area contributed by atoms with Crippen molar-refractivity contribution in [2.45, 2.75) is 30.7 Å². The highest BCUT2D eigenvalue weighted by atomic mass is 32.2. The van der Waals surface area contributed by atoms with Crippen molar-refractivity contribution in [3.05, 3.63) is 65.6 Å². The number of sulfonamides is 1. The van der Waals surface area contributed by atoms with Crippen LogP contribution < -0.4 is 4.31 Å². The zero-order valence-electron chi connectivity index (χ0n) is 18.7. The van der Waals surface area contributed by atoms with Gasteiger partial charge in [0.15, 0.2) is 5.16 Å². The van der Waals surface area contributed by atoms with Gasteiger partial charge in [-0.3, -0.25) is 0 Å². The standard InChI is InChI=1S/C23H24FN5O2S2/c1-14(2)20-17(13-32-23-25-18-7-5-6-8-19(18)26-23)21(15-9-11-16(24)12-10-15)28-22(27-20)29(3)33(4,30)31/h5-12,14H,13H2,1-4H3,(H,25,26). The number of fused-ring (bicyclic) bond motifs is 1. The summed E-state index contributed by atoms with van der Waals surface area (Å²) >= 11 is 1.51. The molecule has 0 radical (unpaired) electrons. The van der Waals surface area contributed by atoms with E-state index in [1.54, 1.807) is 12.1 Å². The van der Waals surface area contributed by atoms with Gasteiger partial charge in [0.1, 0.15) is 5.82 Å². The van der Waals surface area contributed by atoms with E-state index < -0.39 is 10.0 Å². The van der Waals surface area contributed by atoms with Gasteiger partial charge < -0.3 is 4.98 Å². The number of halogens is 1. The Labute approximate surface area is 196 Å². The maximum Gasteiger partial charge on any atom is 0.239 e. The van der Waals surface area contributed by atoms with Crippen molar-refractivity contribution in [1.82, 2.24) is 19.9 Å². The van der Waals surface area contributed by atoms with Gasteiger partial charge in [-0.25, -0.2) is 32.1 Å². The first-order valence-electron chi connectivity index (χ1n) is 10.3. The number of nitrogens with one attached hydrogen (secondary N) is 1.